The van der Waals surface area contributed by atoms with Gasteiger partial charge in [-0.25, -0.2) is 4.68 Å². The third-order valence-corrected chi connectivity index (χ3v) is 1.32. The van der Waals surface area contributed by atoms with E-state index < -0.39 is 0 Å². The van der Waals surface area contributed by atoms with E-state index in [-0.39, 0.29) is 5.91 Å². The average Bonchev–Trinajstić information content (AvgIpc) is 2.48. The van der Waals surface area contributed by atoms with Crippen LogP contribution in [0, 0.1) is 0 Å². The van der Waals surface area contributed by atoms with Gasteiger partial charge in [0, 0.05) is 19.9 Å². The lowest BCUT2D eigenvalue weighted by molar-refractivity contribution is -0.114. The van der Waals surface area contributed by atoms with Crippen LogP contribution in [0.5, 0.6) is 0 Å². The summed E-state index contributed by atoms with van der Waals surface area (Å²) >= 11 is 0. The van der Waals surface area contributed by atoms with Gasteiger partial charge in [-0.05, 0) is 0 Å². The molecule has 1 rings (SSSR count). The molecular formula is C7H10N4O2. The Balaban J connectivity index is 2.53. The zero-order valence-electron chi connectivity index (χ0n) is 7.23. The number of carbonyl (C=O) groups excluding carboxylic acids is 2. The first-order valence-corrected chi connectivity index (χ1v) is 3.83. The number of hydrogen-bond donors (Lipinski definition) is 1. The first-order chi connectivity index (χ1) is 6.22. The molecule has 0 atom stereocenters. The minimum absolute atomic E-state index is 0.192. The predicted octanol–water partition coefficient (Wildman–Crippen LogP) is -0.175. The largest absolute Gasteiger partial charge is 0.308 e. The average molecular weight is 182 g/mol. The van der Waals surface area contributed by atoms with Crippen LogP contribution in [0.15, 0.2) is 6.20 Å². The van der Waals surface area contributed by atoms with Gasteiger partial charge in [0.05, 0.1) is 6.20 Å². The molecule has 1 N–H and O–H groups in total. The normalized spacial score (nSPS) is 9.62. The van der Waals surface area contributed by atoms with Crippen LogP contribution in [0.1, 0.15) is 13.3 Å². The summed E-state index contributed by atoms with van der Waals surface area (Å²) in [6, 6.07) is 0. The molecule has 6 nitrogen and oxygen atoms in total. The Kier molecular flexibility index (Phi) is 3.13. The Morgan fingerprint density at radius 3 is 3.15 bits per heavy atom. The zero-order chi connectivity index (χ0) is 9.68. The Morgan fingerprint density at radius 2 is 2.54 bits per heavy atom. The first-order valence-electron chi connectivity index (χ1n) is 3.83. The fraction of sp³-hybridized carbons (Fsp3) is 0.429. The predicted molar refractivity (Wildman–Crippen MR) is 45.0 cm³/mol. The summed E-state index contributed by atoms with van der Waals surface area (Å²) in [7, 11) is 0. The van der Waals surface area contributed by atoms with Crippen LogP contribution in [0.25, 0.3) is 0 Å². The molecule has 1 heterocycles. The van der Waals surface area contributed by atoms with E-state index in [0.717, 1.165) is 6.29 Å². The van der Waals surface area contributed by atoms with Crippen molar-refractivity contribution in [2.45, 2.75) is 19.9 Å². The first kappa shape index (κ1) is 9.37. The van der Waals surface area contributed by atoms with Crippen molar-refractivity contribution < 1.29 is 9.59 Å². The van der Waals surface area contributed by atoms with Gasteiger partial charge in [0.2, 0.25) is 5.91 Å². The van der Waals surface area contributed by atoms with Gasteiger partial charge in [0.15, 0.2) is 5.82 Å². The number of anilines is 1. The van der Waals surface area contributed by atoms with E-state index >= 15 is 0 Å². The Hall–Kier alpha value is -1.72. The third kappa shape index (κ3) is 3.02. The molecule has 0 saturated heterocycles. The summed E-state index contributed by atoms with van der Waals surface area (Å²) in [5.74, 6) is 0.209. The van der Waals surface area contributed by atoms with Crippen molar-refractivity contribution >= 4 is 18.0 Å². The van der Waals surface area contributed by atoms with Crippen molar-refractivity contribution in [2.75, 3.05) is 5.32 Å². The lowest BCUT2D eigenvalue weighted by Gasteiger charge is -1.93. The fourth-order valence-corrected chi connectivity index (χ4v) is 0.830. The second-order valence-electron chi connectivity index (χ2n) is 2.50. The standard InChI is InChI=1S/C7H10N4O2/c1-6(13)8-7-5-11(10-9-7)3-2-4-12/h4-5H,2-3H2,1H3,(H,8,13). The molecule has 0 aliphatic heterocycles. The maximum Gasteiger partial charge on any atom is 0.222 e. The van der Waals surface area contributed by atoms with Crippen LogP contribution in [-0.4, -0.2) is 27.2 Å². The summed E-state index contributed by atoms with van der Waals surface area (Å²) in [6.45, 7) is 1.88. The molecule has 0 saturated carbocycles. The summed E-state index contributed by atoms with van der Waals surface area (Å²) < 4.78 is 1.50. The number of aldehydes is 1. The number of nitrogens with zero attached hydrogens (tertiary/aromatic N) is 3. The zero-order valence-corrected chi connectivity index (χ0v) is 7.23. The van der Waals surface area contributed by atoms with Crippen molar-refractivity contribution in [1.29, 1.82) is 0 Å². The molecule has 70 valence electrons. The highest BCUT2D eigenvalue weighted by molar-refractivity contribution is 5.87. The molecule has 0 aliphatic rings. The highest BCUT2D eigenvalue weighted by Gasteiger charge is 2.00. The van der Waals surface area contributed by atoms with E-state index in [2.05, 4.69) is 15.6 Å². The van der Waals surface area contributed by atoms with Crippen LogP contribution < -0.4 is 5.32 Å². The van der Waals surface area contributed by atoms with Gasteiger partial charge in [0.1, 0.15) is 6.29 Å². The van der Waals surface area contributed by atoms with Gasteiger partial charge in [-0.1, -0.05) is 5.21 Å². The molecule has 1 aromatic heterocycles. The van der Waals surface area contributed by atoms with Crippen LogP contribution >= 0.6 is 0 Å². The molecule has 0 unspecified atom stereocenters. The van der Waals surface area contributed by atoms with Gasteiger partial charge < -0.3 is 10.1 Å². The summed E-state index contributed by atoms with van der Waals surface area (Å²) in [5, 5.41) is 9.85. The Labute approximate surface area is 74.9 Å². The molecule has 0 aliphatic carbocycles. The monoisotopic (exact) mass is 182 g/mol. The van der Waals surface area contributed by atoms with E-state index in [4.69, 9.17) is 0 Å². The van der Waals surface area contributed by atoms with Gasteiger partial charge >= 0.3 is 0 Å². The van der Waals surface area contributed by atoms with E-state index in [1.807, 2.05) is 0 Å². The van der Waals surface area contributed by atoms with E-state index in [1.165, 1.54) is 11.6 Å². The van der Waals surface area contributed by atoms with Gasteiger partial charge in [0.25, 0.3) is 0 Å². The maximum absolute atomic E-state index is 10.6. The summed E-state index contributed by atoms with van der Waals surface area (Å²) in [4.78, 5) is 20.6. The number of aryl methyl sites for hydroxylation is 1. The second kappa shape index (κ2) is 4.34. The molecule has 0 radical (unpaired) electrons. The maximum atomic E-state index is 10.6. The molecule has 1 amide bonds. The van der Waals surface area contributed by atoms with Crippen molar-refractivity contribution in [3.8, 4) is 0 Å². The minimum Gasteiger partial charge on any atom is -0.308 e. The van der Waals surface area contributed by atoms with E-state index in [1.54, 1.807) is 6.20 Å². The summed E-state index contributed by atoms with van der Waals surface area (Å²) in [5.41, 5.74) is 0. The molecule has 0 fully saturated rings. The quantitative estimate of drug-likeness (QED) is 0.655. The molecule has 13 heavy (non-hydrogen) atoms. The minimum atomic E-state index is -0.192. The van der Waals surface area contributed by atoms with Crippen LogP contribution in [-0.2, 0) is 16.1 Å². The fourth-order valence-electron chi connectivity index (χ4n) is 0.830. The topological polar surface area (TPSA) is 76.9 Å². The van der Waals surface area contributed by atoms with Gasteiger partial charge in [-0.2, -0.15) is 0 Å². The molecule has 0 bridgehead atoms. The Bertz CT molecular complexity index is 307. The van der Waals surface area contributed by atoms with Crippen LogP contribution in [0.3, 0.4) is 0 Å². The number of aromatic nitrogens is 3. The molecule has 0 spiro atoms. The van der Waals surface area contributed by atoms with Gasteiger partial charge in [-0.3, -0.25) is 4.79 Å². The van der Waals surface area contributed by atoms with Gasteiger partial charge in [-0.15, -0.1) is 5.10 Å². The third-order valence-electron chi connectivity index (χ3n) is 1.32. The number of amides is 1. The van der Waals surface area contributed by atoms with Crippen molar-refractivity contribution in [3.05, 3.63) is 6.20 Å². The van der Waals surface area contributed by atoms with E-state index in [9.17, 15) is 9.59 Å². The van der Waals surface area contributed by atoms with Crippen LogP contribution in [0.2, 0.25) is 0 Å². The van der Waals surface area contributed by atoms with Crippen LogP contribution in [0.4, 0.5) is 5.82 Å². The molecule has 6 heteroatoms. The number of rotatable bonds is 4. The highest BCUT2D eigenvalue weighted by atomic mass is 16.1. The second-order valence-corrected chi connectivity index (χ2v) is 2.50. The highest BCUT2D eigenvalue weighted by Crippen LogP contribution is 1.99. The Morgan fingerprint density at radius 1 is 1.77 bits per heavy atom. The number of nitrogens with one attached hydrogen (secondary N) is 1. The SMILES string of the molecule is CC(=O)Nc1cn(CCC=O)nn1. The van der Waals surface area contributed by atoms with Crippen molar-refractivity contribution in [3.63, 3.8) is 0 Å². The lowest BCUT2D eigenvalue weighted by Crippen LogP contribution is -2.05. The number of hydrogen-bond acceptors (Lipinski definition) is 4. The van der Waals surface area contributed by atoms with Crippen molar-refractivity contribution in [2.24, 2.45) is 0 Å². The summed E-state index contributed by atoms with van der Waals surface area (Å²) in [6.07, 6.45) is 2.77. The smallest absolute Gasteiger partial charge is 0.222 e. The molecule has 0 aromatic carbocycles. The van der Waals surface area contributed by atoms with Crippen molar-refractivity contribution in [1.82, 2.24) is 15.0 Å². The molecular weight excluding hydrogens is 172 g/mol. The van der Waals surface area contributed by atoms with E-state index in [0.29, 0.717) is 18.8 Å². The number of carbonyl (C=O) groups is 2. The lowest BCUT2D eigenvalue weighted by atomic mass is 10.5. The molecule has 1 aromatic rings.